The molecule has 2 N–H and O–H groups in total. The number of carboxylic acid groups (broad SMARTS) is 1. The predicted molar refractivity (Wildman–Crippen MR) is 69.1 cm³/mol. The van der Waals surface area contributed by atoms with Crippen LogP contribution >= 0.6 is 11.3 Å². The van der Waals surface area contributed by atoms with Gasteiger partial charge in [0.25, 0.3) is 10.0 Å². The third kappa shape index (κ3) is 3.57. The summed E-state index contributed by atoms with van der Waals surface area (Å²) >= 11 is 0.855. The van der Waals surface area contributed by atoms with E-state index in [9.17, 15) is 13.2 Å². The minimum Gasteiger partial charge on any atom is -0.478 e. The molecule has 0 fully saturated rings. The van der Waals surface area contributed by atoms with Crippen molar-refractivity contribution in [3.8, 4) is 12.3 Å². The maximum atomic E-state index is 11.9. The maximum Gasteiger partial charge on any atom is 0.336 e. The number of hydrogen-bond donors (Lipinski definition) is 2. The lowest BCUT2D eigenvalue weighted by atomic mass is 10.2. The fourth-order valence-corrected chi connectivity index (χ4v) is 3.64. The zero-order valence-corrected chi connectivity index (χ0v) is 11.3. The zero-order chi connectivity index (χ0) is 13.8. The number of sulfonamides is 1. The third-order valence-electron chi connectivity index (χ3n) is 2.16. The molecule has 1 heterocycles. The molecule has 0 aliphatic heterocycles. The Kier molecular flexibility index (Phi) is 4.90. The first kappa shape index (κ1) is 14.7. The largest absolute Gasteiger partial charge is 0.478 e. The van der Waals surface area contributed by atoms with E-state index in [0.29, 0.717) is 6.42 Å². The van der Waals surface area contributed by atoms with Crippen molar-refractivity contribution in [3.63, 3.8) is 0 Å². The van der Waals surface area contributed by atoms with Crippen molar-refractivity contribution in [1.29, 1.82) is 0 Å². The van der Waals surface area contributed by atoms with E-state index < -0.39 is 22.0 Å². The Morgan fingerprint density at radius 1 is 1.67 bits per heavy atom. The van der Waals surface area contributed by atoms with Gasteiger partial charge in [-0.3, -0.25) is 0 Å². The highest BCUT2D eigenvalue weighted by Gasteiger charge is 2.21. The lowest BCUT2D eigenvalue weighted by Gasteiger charge is -2.10. The molecule has 7 heteroatoms. The lowest BCUT2D eigenvalue weighted by molar-refractivity contribution is 0.0697. The molecule has 0 saturated carbocycles. The first-order chi connectivity index (χ1) is 8.40. The first-order valence-corrected chi connectivity index (χ1v) is 7.57. The molecule has 0 spiro atoms. The van der Waals surface area contributed by atoms with Crippen molar-refractivity contribution >= 4 is 27.3 Å². The Balaban J connectivity index is 2.92. The van der Waals surface area contributed by atoms with Gasteiger partial charge in [-0.1, -0.05) is 19.3 Å². The van der Waals surface area contributed by atoms with Crippen LogP contribution in [0.5, 0.6) is 0 Å². The molecular weight excluding hydrogens is 274 g/mol. The van der Waals surface area contributed by atoms with Crippen LogP contribution in [0.4, 0.5) is 0 Å². The van der Waals surface area contributed by atoms with Crippen LogP contribution in [0.3, 0.4) is 0 Å². The molecule has 18 heavy (non-hydrogen) atoms. The second kappa shape index (κ2) is 6.00. The van der Waals surface area contributed by atoms with E-state index in [1.54, 1.807) is 0 Å². The molecule has 5 nitrogen and oxygen atoms in total. The van der Waals surface area contributed by atoms with E-state index in [1.807, 2.05) is 6.92 Å². The monoisotopic (exact) mass is 287 g/mol. The average molecular weight is 287 g/mol. The van der Waals surface area contributed by atoms with Gasteiger partial charge in [-0.05, 0) is 12.5 Å². The van der Waals surface area contributed by atoms with Crippen LogP contribution in [0.1, 0.15) is 30.1 Å². The van der Waals surface area contributed by atoms with Crippen molar-refractivity contribution in [2.75, 3.05) is 0 Å². The summed E-state index contributed by atoms with van der Waals surface area (Å²) in [6, 6.07) is 0.546. The van der Waals surface area contributed by atoms with Crippen LogP contribution in [0.25, 0.3) is 0 Å². The molecule has 0 bridgehead atoms. The van der Waals surface area contributed by atoms with Gasteiger partial charge in [-0.2, -0.15) is 4.72 Å². The van der Waals surface area contributed by atoms with E-state index in [-0.39, 0.29) is 9.77 Å². The van der Waals surface area contributed by atoms with Crippen LogP contribution in [0.15, 0.2) is 15.7 Å². The van der Waals surface area contributed by atoms with Crippen LogP contribution in [-0.4, -0.2) is 25.5 Å². The summed E-state index contributed by atoms with van der Waals surface area (Å²) in [6.07, 6.45) is 6.52. The Labute approximate surface area is 110 Å². The number of aromatic carboxylic acids is 1. The molecular formula is C11H13NO4S2. The van der Waals surface area contributed by atoms with Crippen molar-refractivity contribution in [2.24, 2.45) is 0 Å². The molecule has 1 rings (SSSR count). The van der Waals surface area contributed by atoms with Gasteiger partial charge in [0.05, 0.1) is 11.6 Å². The molecule has 1 aromatic heterocycles. The Morgan fingerprint density at radius 2 is 2.33 bits per heavy atom. The van der Waals surface area contributed by atoms with Crippen LogP contribution in [-0.2, 0) is 10.0 Å². The molecule has 1 unspecified atom stereocenters. The topological polar surface area (TPSA) is 83.5 Å². The third-order valence-corrected chi connectivity index (χ3v) is 5.07. The molecule has 0 aromatic carbocycles. The smallest absolute Gasteiger partial charge is 0.336 e. The Morgan fingerprint density at radius 3 is 2.78 bits per heavy atom. The fourth-order valence-electron chi connectivity index (χ4n) is 1.28. The zero-order valence-electron chi connectivity index (χ0n) is 9.71. The van der Waals surface area contributed by atoms with E-state index >= 15 is 0 Å². The van der Waals surface area contributed by atoms with E-state index in [4.69, 9.17) is 11.5 Å². The van der Waals surface area contributed by atoms with Crippen molar-refractivity contribution in [2.45, 2.75) is 30.0 Å². The standard InChI is InChI=1S/C11H13NO4S2/c1-3-5-9(4-2)12-18(15,16)10-6-8(7-17-10)11(13)14/h2,6-7,9,12H,3,5H2,1H3,(H,13,14). The van der Waals surface area contributed by atoms with Gasteiger partial charge in [-0.15, -0.1) is 17.8 Å². The number of nitrogens with one attached hydrogen (secondary N) is 1. The molecule has 1 atom stereocenters. The second-order valence-corrected chi connectivity index (χ2v) is 6.44. The highest BCUT2D eigenvalue weighted by atomic mass is 32.2. The number of hydrogen-bond acceptors (Lipinski definition) is 4. The van der Waals surface area contributed by atoms with Crippen molar-refractivity contribution < 1.29 is 18.3 Å². The quantitative estimate of drug-likeness (QED) is 0.777. The minimum atomic E-state index is -3.74. The summed E-state index contributed by atoms with van der Waals surface area (Å²) in [5.74, 6) is 1.20. The summed E-state index contributed by atoms with van der Waals surface area (Å²) in [5, 5.41) is 10.0. The summed E-state index contributed by atoms with van der Waals surface area (Å²) in [5.41, 5.74) is -0.0480. The summed E-state index contributed by atoms with van der Waals surface area (Å²) < 4.78 is 26.2. The van der Waals surface area contributed by atoms with E-state index in [1.165, 1.54) is 5.38 Å². The number of carboxylic acids is 1. The van der Waals surface area contributed by atoms with Crippen LogP contribution in [0.2, 0.25) is 0 Å². The summed E-state index contributed by atoms with van der Waals surface area (Å²) in [4.78, 5) is 10.7. The van der Waals surface area contributed by atoms with E-state index in [2.05, 4.69) is 10.6 Å². The second-order valence-electron chi connectivity index (χ2n) is 3.59. The fraction of sp³-hybridized carbons (Fsp3) is 0.364. The van der Waals surface area contributed by atoms with Gasteiger partial charge >= 0.3 is 5.97 Å². The molecule has 0 amide bonds. The normalized spacial score (nSPS) is 12.9. The van der Waals surface area contributed by atoms with Crippen molar-refractivity contribution in [1.82, 2.24) is 4.72 Å². The number of rotatable bonds is 6. The average Bonchev–Trinajstić information content (AvgIpc) is 2.78. The van der Waals surface area contributed by atoms with Gasteiger partial charge in [0.2, 0.25) is 0 Å². The van der Waals surface area contributed by atoms with Gasteiger partial charge < -0.3 is 5.11 Å². The SMILES string of the molecule is C#CC(CCC)NS(=O)(=O)c1cc(C(=O)O)cs1. The number of carbonyl (C=O) groups is 1. The predicted octanol–water partition coefficient (Wildman–Crippen LogP) is 1.53. The van der Waals surface area contributed by atoms with Gasteiger partial charge in [0.1, 0.15) is 4.21 Å². The lowest BCUT2D eigenvalue weighted by Crippen LogP contribution is -2.33. The summed E-state index contributed by atoms with van der Waals surface area (Å²) in [6.45, 7) is 1.90. The molecule has 0 aliphatic carbocycles. The van der Waals surface area contributed by atoms with Gasteiger partial charge in [-0.25, -0.2) is 13.2 Å². The molecule has 1 aromatic rings. The van der Waals surface area contributed by atoms with E-state index in [0.717, 1.165) is 23.8 Å². The van der Waals surface area contributed by atoms with Crippen LogP contribution in [0, 0.1) is 12.3 Å². The summed E-state index contributed by atoms with van der Waals surface area (Å²) in [7, 11) is -3.74. The van der Waals surface area contributed by atoms with Crippen molar-refractivity contribution in [3.05, 3.63) is 17.0 Å². The highest BCUT2D eigenvalue weighted by molar-refractivity contribution is 7.91. The minimum absolute atomic E-state index is 0.0451. The molecule has 0 radical (unpaired) electrons. The number of thiophene rings is 1. The molecule has 98 valence electrons. The molecule has 0 saturated heterocycles. The molecule has 0 aliphatic rings. The number of terminal acetylenes is 1. The Hall–Kier alpha value is -1.36. The Bertz CT molecular complexity index is 568. The maximum absolute atomic E-state index is 11.9. The van der Waals surface area contributed by atoms with Gasteiger partial charge in [0.15, 0.2) is 0 Å². The highest BCUT2D eigenvalue weighted by Crippen LogP contribution is 2.20. The van der Waals surface area contributed by atoms with Gasteiger partial charge in [0, 0.05) is 5.38 Å². The first-order valence-electron chi connectivity index (χ1n) is 5.21. The van der Waals surface area contributed by atoms with Crippen LogP contribution < -0.4 is 4.72 Å².